The van der Waals surface area contributed by atoms with Crippen LogP contribution >= 0.6 is 27.5 Å². The number of aliphatic hydroxyl groups excluding tert-OH is 1. The van der Waals surface area contributed by atoms with Crippen molar-refractivity contribution in [3.8, 4) is 11.5 Å². The average molecular weight is 319 g/mol. The van der Waals surface area contributed by atoms with Gasteiger partial charge in [-0.1, -0.05) is 16.8 Å². The van der Waals surface area contributed by atoms with Gasteiger partial charge in [0.05, 0.1) is 17.7 Å². The number of aliphatic hydroxyl groups is 1. The van der Waals surface area contributed by atoms with Gasteiger partial charge in [0.2, 0.25) is 0 Å². The molecule has 2 rings (SSSR count). The van der Waals surface area contributed by atoms with Gasteiger partial charge in [-0.3, -0.25) is 0 Å². The lowest BCUT2D eigenvalue weighted by atomic mass is 10.2. The Labute approximate surface area is 111 Å². The molecule has 5 nitrogen and oxygen atoms in total. The second-order valence-electron chi connectivity index (χ2n) is 3.38. The topological polar surface area (TPSA) is 85.2 Å². The van der Waals surface area contributed by atoms with Gasteiger partial charge in [0.1, 0.15) is 0 Å². The molecule has 0 aliphatic heterocycles. The van der Waals surface area contributed by atoms with Crippen LogP contribution in [0.25, 0.3) is 11.5 Å². The van der Waals surface area contributed by atoms with Crippen molar-refractivity contribution in [2.45, 2.75) is 6.04 Å². The SMILES string of the molecule is NC(CO)c1noc(-c2ccc(Cl)c(Br)c2)n1. The molecule has 0 saturated heterocycles. The highest BCUT2D eigenvalue weighted by molar-refractivity contribution is 9.10. The Kier molecular flexibility index (Phi) is 3.78. The number of halogens is 2. The molecule has 0 spiro atoms. The van der Waals surface area contributed by atoms with E-state index >= 15 is 0 Å². The second kappa shape index (κ2) is 5.14. The van der Waals surface area contributed by atoms with Crippen LogP contribution in [0.5, 0.6) is 0 Å². The zero-order valence-electron chi connectivity index (χ0n) is 8.60. The Balaban J connectivity index is 2.33. The molecule has 1 heterocycles. The van der Waals surface area contributed by atoms with E-state index in [1.165, 1.54) is 0 Å². The largest absolute Gasteiger partial charge is 0.394 e. The van der Waals surface area contributed by atoms with Crippen LogP contribution in [0.4, 0.5) is 0 Å². The molecule has 7 heteroatoms. The third-order valence-corrected chi connectivity index (χ3v) is 3.35. The fourth-order valence-corrected chi connectivity index (χ4v) is 1.71. The van der Waals surface area contributed by atoms with Crippen LogP contribution in [0, 0.1) is 0 Å². The summed E-state index contributed by atoms with van der Waals surface area (Å²) >= 11 is 9.19. The molecule has 1 unspecified atom stereocenters. The van der Waals surface area contributed by atoms with E-state index in [9.17, 15) is 0 Å². The molecule has 1 aromatic carbocycles. The van der Waals surface area contributed by atoms with E-state index in [2.05, 4.69) is 26.1 Å². The number of benzene rings is 1. The average Bonchev–Trinajstić information content (AvgIpc) is 2.81. The minimum absolute atomic E-state index is 0.233. The number of hydrogen-bond acceptors (Lipinski definition) is 5. The summed E-state index contributed by atoms with van der Waals surface area (Å²) in [4.78, 5) is 4.10. The number of nitrogens with zero attached hydrogens (tertiary/aromatic N) is 2. The van der Waals surface area contributed by atoms with E-state index in [-0.39, 0.29) is 12.4 Å². The molecule has 0 amide bonds. The smallest absolute Gasteiger partial charge is 0.258 e. The van der Waals surface area contributed by atoms with Crippen molar-refractivity contribution in [3.05, 3.63) is 33.5 Å². The highest BCUT2D eigenvalue weighted by Crippen LogP contribution is 2.28. The molecule has 0 saturated carbocycles. The lowest BCUT2D eigenvalue weighted by molar-refractivity contribution is 0.260. The molecule has 90 valence electrons. The van der Waals surface area contributed by atoms with Gasteiger partial charge in [0.15, 0.2) is 5.82 Å². The third kappa shape index (κ3) is 2.66. The summed E-state index contributed by atoms with van der Waals surface area (Å²) in [7, 11) is 0. The number of nitrogens with two attached hydrogens (primary N) is 1. The predicted molar refractivity (Wildman–Crippen MR) is 66.5 cm³/mol. The van der Waals surface area contributed by atoms with Gasteiger partial charge in [-0.15, -0.1) is 0 Å². The van der Waals surface area contributed by atoms with Gasteiger partial charge in [-0.05, 0) is 34.1 Å². The van der Waals surface area contributed by atoms with Crippen molar-refractivity contribution in [2.24, 2.45) is 5.73 Å². The van der Waals surface area contributed by atoms with E-state index in [1.54, 1.807) is 18.2 Å². The summed E-state index contributed by atoms with van der Waals surface area (Å²) in [5.74, 6) is 0.606. The molecule has 1 atom stereocenters. The van der Waals surface area contributed by atoms with Crippen LogP contribution in [0.15, 0.2) is 27.2 Å². The summed E-state index contributed by atoms with van der Waals surface area (Å²) in [5.41, 5.74) is 6.30. The summed E-state index contributed by atoms with van der Waals surface area (Å²) in [6, 6.07) is 4.61. The fourth-order valence-electron chi connectivity index (χ4n) is 1.21. The molecule has 3 N–H and O–H groups in total. The van der Waals surface area contributed by atoms with E-state index in [1.807, 2.05) is 0 Å². The normalized spacial score (nSPS) is 12.7. The van der Waals surface area contributed by atoms with Crippen LogP contribution in [-0.2, 0) is 0 Å². The van der Waals surface area contributed by atoms with Crippen molar-refractivity contribution in [2.75, 3.05) is 6.61 Å². The van der Waals surface area contributed by atoms with Gasteiger partial charge in [0.25, 0.3) is 5.89 Å². The maximum atomic E-state index is 8.88. The number of aromatic nitrogens is 2. The monoisotopic (exact) mass is 317 g/mol. The summed E-state index contributed by atoms with van der Waals surface area (Å²) in [6.45, 7) is -0.233. The Morgan fingerprint density at radius 1 is 1.53 bits per heavy atom. The quantitative estimate of drug-likeness (QED) is 0.905. The highest BCUT2D eigenvalue weighted by atomic mass is 79.9. The Morgan fingerprint density at radius 2 is 2.29 bits per heavy atom. The van der Waals surface area contributed by atoms with Gasteiger partial charge < -0.3 is 15.4 Å². The lowest BCUT2D eigenvalue weighted by Gasteiger charge is -1.99. The summed E-state index contributed by atoms with van der Waals surface area (Å²) < 4.78 is 5.79. The van der Waals surface area contributed by atoms with Crippen molar-refractivity contribution in [1.29, 1.82) is 0 Å². The first kappa shape index (κ1) is 12.5. The maximum Gasteiger partial charge on any atom is 0.258 e. The maximum absolute atomic E-state index is 8.88. The van der Waals surface area contributed by atoms with Crippen LogP contribution in [0.3, 0.4) is 0 Å². The molecule has 0 fully saturated rings. The molecule has 2 aromatic rings. The molecule has 0 aliphatic carbocycles. The molecule has 0 radical (unpaired) electrons. The van der Waals surface area contributed by atoms with Gasteiger partial charge in [-0.25, -0.2) is 0 Å². The molecular formula is C10H9BrClN3O2. The van der Waals surface area contributed by atoms with E-state index in [4.69, 9.17) is 27.0 Å². The van der Waals surface area contributed by atoms with Crippen LogP contribution in [0.2, 0.25) is 5.02 Å². The first-order valence-electron chi connectivity index (χ1n) is 4.77. The Morgan fingerprint density at radius 3 is 2.94 bits per heavy atom. The molecule has 17 heavy (non-hydrogen) atoms. The van der Waals surface area contributed by atoms with Crippen LogP contribution in [0.1, 0.15) is 11.9 Å². The zero-order chi connectivity index (χ0) is 12.4. The standard InChI is InChI=1S/C10H9BrClN3O2/c11-6-3-5(1-2-7(6)12)10-14-9(15-17-10)8(13)4-16/h1-3,8,16H,4,13H2. The van der Waals surface area contributed by atoms with Gasteiger partial charge in [-0.2, -0.15) is 4.98 Å². The molecule has 1 aromatic heterocycles. The van der Waals surface area contributed by atoms with E-state index in [0.29, 0.717) is 10.9 Å². The fraction of sp³-hybridized carbons (Fsp3) is 0.200. The highest BCUT2D eigenvalue weighted by Gasteiger charge is 2.14. The number of hydrogen-bond donors (Lipinski definition) is 2. The zero-order valence-corrected chi connectivity index (χ0v) is 10.9. The van der Waals surface area contributed by atoms with Gasteiger partial charge in [0, 0.05) is 10.0 Å². The third-order valence-electron chi connectivity index (χ3n) is 2.14. The van der Waals surface area contributed by atoms with Crippen molar-refractivity contribution in [1.82, 2.24) is 10.1 Å². The molecular weight excluding hydrogens is 309 g/mol. The van der Waals surface area contributed by atoms with Crippen molar-refractivity contribution in [3.63, 3.8) is 0 Å². The van der Waals surface area contributed by atoms with E-state index < -0.39 is 6.04 Å². The van der Waals surface area contributed by atoms with Crippen molar-refractivity contribution < 1.29 is 9.63 Å². The first-order valence-corrected chi connectivity index (χ1v) is 5.94. The van der Waals surface area contributed by atoms with Crippen LogP contribution < -0.4 is 5.73 Å². The number of rotatable bonds is 3. The van der Waals surface area contributed by atoms with Crippen molar-refractivity contribution >= 4 is 27.5 Å². The van der Waals surface area contributed by atoms with E-state index in [0.717, 1.165) is 10.0 Å². The Bertz CT molecular complexity index is 532. The minimum Gasteiger partial charge on any atom is -0.394 e. The summed E-state index contributed by atoms with van der Waals surface area (Å²) in [5, 5.41) is 13.2. The summed E-state index contributed by atoms with van der Waals surface area (Å²) in [6.07, 6.45) is 0. The molecule has 0 bridgehead atoms. The Hall–Kier alpha value is -0.950. The lowest BCUT2D eigenvalue weighted by Crippen LogP contribution is -2.15. The predicted octanol–water partition coefficient (Wildman–Crippen LogP) is 2.14. The first-order chi connectivity index (χ1) is 8.11. The molecule has 0 aliphatic rings. The van der Waals surface area contributed by atoms with Crippen LogP contribution in [-0.4, -0.2) is 21.9 Å². The second-order valence-corrected chi connectivity index (χ2v) is 4.64. The van der Waals surface area contributed by atoms with Gasteiger partial charge >= 0.3 is 0 Å². The minimum atomic E-state index is -0.636.